The molecule has 3 nitrogen and oxygen atoms in total. The quantitative estimate of drug-likeness (QED) is 0.504. The summed E-state index contributed by atoms with van der Waals surface area (Å²) in [5.41, 5.74) is 3.07. The smallest absolute Gasteiger partial charge is 0.115 e. The summed E-state index contributed by atoms with van der Waals surface area (Å²) in [5.74, 6) is 0.624. The van der Waals surface area contributed by atoms with Gasteiger partial charge in [0.1, 0.15) is 17.2 Å². The zero-order chi connectivity index (χ0) is 19.5. The number of phenolic OH excluding ortho intramolecular Hbond substituents is 3. The maximum absolute atomic E-state index is 9.49. The van der Waals surface area contributed by atoms with Gasteiger partial charge in [-0.05, 0) is 53.1 Å². The summed E-state index contributed by atoms with van der Waals surface area (Å²) in [6.07, 6.45) is 0. The predicted molar refractivity (Wildman–Crippen MR) is 108 cm³/mol. The van der Waals surface area contributed by atoms with Gasteiger partial charge in [-0.15, -0.1) is 0 Å². The van der Waals surface area contributed by atoms with Crippen LogP contribution in [0.3, 0.4) is 0 Å². The van der Waals surface area contributed by atoms with Crippen LogP contribution in [0.15, 0.2) is 72.8 Å². The van der Waals surface area contributed by atoms with Crippen LogP contribution in [0.1, 0.15) is 50.3 Å². The summed E-state index contributed by atoms with van der Waals surface area (Å²) in [5, 5.41) is 28.5. The van der Waals surface area contributed by atoms with Crippen molar-refractivity contribution in [3.63, 3.8) is 0 Å². The van der Waals surface area contributed by atoms with Crippen molar-refractivity contribution in [2.45, 2.75) is 33.6 Å². The largest absolute Gasteiger partial charge is 0.508 e. The van der Waals surface area contributed by atoms with E-state index in [1.165, 1.54) is 0 Å². The van der Waals surface area contributed by atoms with Gasteiger partial charge < -0.3 is 15.3 Å². The van der Waals surface area contributed by atoms with Gasteiger partial charge in [0.05, 0.1) is 0 Å². The van der Waals surface area contributed by atoms with E-state index in [1.54, 1.807) is 36.4 Å². The van der Waals surface area contributed by atoms with E-state index >= 15 is 0 Å². The first kappa shape index (κ1) is 21.1. The molecule has 0 aromatic heterocycles. The minimum atomic E-state index is -0.0400. The zero-order valence-corrected chi connectivity index (χ0v) is 15.8. The van der Waals surface area contributed by atoms with Gasteiger partial charge in [-0.25, -0.2) is 0 Å². The SMILES string of the molecule is CC.CC.Oc1ccc(C(c2ccc(O)cc2)c2ccc(O)cc2)cc1. The first-order chi connectivity index (χ1) is 12.6. The second kappa shape index (κ2) is 10.8. The highest BCUT2D eigenvalue weighted by Crippen LogP contribution is 2.34. The van der Waals surface area contributed by atoms with Crippen LogP contribution in [-0.4, -0.2) is 15.3 Å². The Hall–Kier alpha value is -2.94. The van der Waals surface area contributed by atoms with E-state index in [4.69, 9.17) is 0 Å². The number of phenols is 3. The van der Waals surface area contributed by atoms with Crippen molar-refractivity contribution in [3.05, 3.63) is 89.5 Å². The topological polar surface area (TPSA) is 60.7 Å². The summed E-state index contributed by atoms with van der Waals surface area (Å²) in [4.78, 5) is 0. The van der Waals surface area contributed by atoms with Crippen molar-refractivity contribution >= 4 is 0 Å². The molecule has 0 unspecified atom stereocenters. The van der Waals surface area contributed by atoms with Crippen LogP contribution in [0.2, 0.25) is 0 Å². The first-order valence-electron chi connectivity index (χ1n) is 9.00. The first-order valence-corrected chi connectivity index (χ1v) is 9.00. The van der Waals surface area contributed by atoms with Gasteiger partial charge >= 0.3 is 0 Å². The van der Waals surface area contributed by atoms with E-state index in [2.05, 4.69) is 0 Å². The molecule has 0 aliphatic rings. The van der Waals surface area contributed by atoms with Crippen LogP contribution in [0, 0.1) is 0 Å². The molecule has 3 aromatic rings. The molecule has 0 aliphatic carbocycles. The van der Waals surface area contributed by atoms with Crippen LogP contribution >= 0.6 is 0 Å². The fourth-order valence-electron chi connectivity index (χ4n) is 2.58. The van der Waals surface area contributed by atoms with Gasteiger partial charge in [0, 0.05) is 5.92 Å². The van der Waals surface area contributed by atoms with E-state index in [0.717, 1.165) is 16.7 Å². The highest BCUT2D eigenvalue weighted by atomic mass is 16.3. The average molecular weight is 352 g/mol. The molecule has 0 aliphatic heterocycles. The lowest BCUT2D eigenvalue weighted by molar-refractivity contribution is 0.475. The molecule has 3 heteroatoms. The van der Waals surface area contributed by atoms with Crippen LogP contribution in [0.25, 0.3) is 0 Å². The lowest BCUT2D eigenvalue weighted by Gasteiger charge is -2.19. The molecule has 3 aromatic carbocycles. The van der Waals surface area contributed by atoms with Gasteiger partial charge in [-0.3, -0.25) is 0 Å². The Kier molecular flexibility index (Phi) is 8.79. The molecule has 0 radical (unpaired) electrons. The molecule has 3 N–H and O–H groups in total. The third kappa shape index (κ3) is 5.55. The Labute approximate surface area is 156 Å². The number of aromatic hydroxyl groups is 3. The summed E-state index contributed by atoms with van der Waals surface area (Å²) < 4.78 is 0. The Morgan fingerprint density at radius 3 is 0.808 bits per heavy atom. The summed E-state index contributed by atoms with van der Waals surface area (Å²) in [6, 6.07) is 21.2. The van der Waals surface area contributed by atoms with Gasteiger partial charge in [-0.1, -0.05) is 64.1 Å². The second-order valence-corrected chi connectivity index (χ2v) is 5.21. The van der Waals surface area contributed by atoms with Crippen LogP contribution in [-0.2, 0) is 0 Å². The highest BCUT2D eigenvalue weighted by Gasteiger charge is 2.16. The molecule has 0 saturated carbocycles. The lowest BCUT2D eigenvalue weighted by atomic mass is 9.85. The minimum Gasteiger partial charge on any atom is -0.508 e. The molecular formula is C23H28O3. The molecule has 0 heterocycles. The van der Waals surface area contributed by atoms with E-state index in [-0.39, 0.29) is 23.2 Å². The number of benzene rings is 3. The molecule has 0 bridgehead atoms. The number of rotatable bonds is 3. The number of hydrogen-bond donors (Lipinski definition) is 3. The van der Waals surface area contributed by atoms with E-state index < -0.39 is 0 Å². The van der Waals surface area contributed by atoms with E-state index in [0.29, 0.717) is 0 Å². The Morgan fingerprint density at radius 2 is 0.615 bits per heavy atom. The third-order valence-corrected chi connectivity index (χ3v) is 3.68. The third-order valence-electron chi connectivity index (χ3n) is 3.68. The van der Waals surface area contributed by atoms with Gasteiger partial charge in [0.15, 0.2) is 0 Å². The van der Waals surface area contributed by atoms with Crippen molar-refractivity contribution in [2.24, 2.45) is 0 Å². The highest BCUT2D eigenvalue weighted by molar-refractivity contribution is 5.46. The minimum absolute atomic E-state index is 0.0400. The molecule has 0 amide bonds. The van der Waals surface area contributed by atoms with Crippen LogP contribution in [0.5, 0.6) is 17.2 Å². The molecule has 3 rings (SSSR count). The summed E-state index contributed by atoms with van der Waals surface area (Å²) in [6.45, 7) is 8.00. The maximum atomic E-state index is 9.49. The van der Waals surface area contributed by atoms with Crippen molar-refractivity contribution in [2.75, 3.05) is 0 Å². The zero-order valence-electron chi connectivity index (χ0n) is 15.8. The van der Waals surface area contributed by atoms with Crippen LogP contribution < -0.4 is 0 Å². The van der Waals surface area contributed by atoms with Crippen molar-refractivity contribution < 1.29 is 15.3 Å². The normalized spacial score (nSPS) is 9.58. The van der Waals surface area contributed by atoms with Crippen LogP contribution in [0.4, 0.5) is 0 Å². The second-order valence-electron chi connectivity index (χ2n) is 5.21. The molecule has 138 valence electrons. The molecule has 0 spiro atoms. The molecule has 0 fully saturated rings. The maximum Gasteiger partial charge on any atom is 0.115 e. The molecule has 26 heavy (non-hydrogen) atoms. The Morgan fingerprint density at radius 1 is 0.423 bits per heavy atom. The lowest BCUT2D eigenvalue weighted by Crippen LogP contribution is -2.03. The monoisotopic (exact) mass is 352 g/mol. The summed E-state index contributed by atoms with van der Waals surface area (Å²) in [7, 11) is 0. The van der Waals surface area contributed by atoms with E-state index in [9.17, 15) is 15.3 Å². The van der Waals surface area contributed by atoms with Gasteiger partial charge in [-0.2, -0.15) is 0 Å². The Bertz CT molecular complexity index is 637. The molecule has 0 saturated heterocycles. The fraction of sp³-hybridized carbons (Fsp3) is 0.217. The predicted octanol–water partition coefficient (Wildman–Crippen LogP) is 6.04. The number of hydrogen-bond acceptors (Lipinski definition) is 3. The van der Waals surface area contributed by atoms with Gasteiger partial charge in [0.25, 0.3) is 0 Å². The van der Waals surface area contributed by atoms with Crippen molar-refractivity contribution in [1.82, 2.24) is 0 Å². The van der Waals surface area contributed by atoms with Gasteiger partial charge in [0.2, 0.25) is 0 Å². The molecular weight excluding hydrogens is 324 g/mol. The Balaban J connectivity index is 0.000000791. The van der Waals surface area contributed by atoms with Crippen molar-refractivity contribution in [3.8, 4) is 17.2 Å². The summed E-state index contributed by atoms with van der Waals surface area (Å²) >= 11 is 0. The average Bonchev–Trinajstić information content (AvgIpc) is 2.70. The standard InChI is InChI=1S/C19H16O3.2C2H6/c20-16-7-1-13(2-8-16)19(14-3-9-17(21)10-4-14)15-5-11-18(22)12-6-15;2*1-2/h1-12,19-22H;2*1-2H3. The van der Waals surface area contributed by atoms with E-state index in [1.807, 2.05) is 64.1 Å². The molecule has 0 atom stereocenters. The fourth-order valence-corrected chi connectivity index (χ4v) is 2.58. The van der Waals surface area contributed by atoms with Crippen molar-refractivity contribution in [1.29, 1.82) is 0 Å².